The topological polar surface area (TPSA) is 18.5 Å². The Morgan fingerprint density at radius 3 is 2.55 bits per heavy atom. The lowest BCUT2D eigenvalue weighted by atomic mass is 10.1. The average Bonchev–Trinajstić information content (AvgIpc) is 2.48. The van der Waals surface area contributed by atoms with Gasteiger partial charge in [0.2, 0.25) is 0 Å². The number of benzene rings is 2. The van der Waals surface area contributed by atoms with E-state index in [2.05, 4.69) is 22.9 Å². The number of hydrogen-bond acceptors (Lipinski definition) is 2. The van der Waals surface area contributed by atoms with Crippen molar-refractivity contribution in [3.05, 3.63) is 53.3 Å². The van der Waals surface area contributed by atoms with Crippen LogP contribution in [-0.2, 0) is 11.8 Å². The van der Waals surface area contributed by atoms with E-state index in [9.17, 15) is 4.39 Å². The molecule has 0 saturated carbocycles. The van der Waals surface area contributed by atoms with E-state index >= 15 is 0 Å². The van der Waals surface area contributed by atoms with Crippen molar-refractivity contribution in [1.82, 2.24) is 0 Å². The molecule has 0 radical (unpaired) electrons. The summed E-state index contributed by atoms with van der Waals surface area (Å²) in [6, 6.07) is 10.5. The first-order valence-corrected chi connectivity index (χ1v) is 7.49. The molecule has 2 nitrogen and oxygen atoms in total. The summed E-state index contributed by atoms with van der Waals surface area (Å²) in [5.74, 6) is 1.43. The van der Waals surface area contributed by atoms with Crippen LogP contribution in [0.3, 0.4) is 0 Å². The van der Waals surface area contributed by atoms with Gasteiger partial charge in [-0.2, -0.15) is 0 Å². The van der Waals surface area contributed by atoms with Gasteiger partial charge in [0.15, 0.2) is 11.5 Å². The molecular formula is C16H16BrFO2. The molecule has 0 aromatic heterocycles. The summed E-state index contributed by atoms with van der Waals surface area (Å²) >= 11 is 3.28. The van der Waals surface area contributed by atoms with E-state index in [1.165, 1.54) is 6.07 Å². The van der Waals surface area contributed by atoms with Gasteiger partial charge in [-0.25, -0.2) is 4.39 Å². The highest BCUT2D eigenvalue weighted by Crippen LogP contribution is 2.35. The van der Waals surface area contributed by atoms with Crippen LogP contribution in [0, 0.1) is 5.82 Å². The number of methoxy groups -OCH3 is 1. The van der Waals surface area contributed by atoms with E-state index in [1.807, 2.05) is 18.2 Å². The van der Waals surface area contributed by atoms with Crippen molar-refractivity contribution in [2.75, 3.05) is 7.11 Å². The maximum absolute atomic E-state index is 13.7. The maximum atomic E-state index is 13.7. The van der Waals surface area contributed by atoms with Gasteiger partial charge in [-0.1, -0.05) is 35.0 Å². The Bertz CT molecular complexity index is 599. The van der Waals surface area contributed by atoms with Crippen molar-refractivity contribution < 1.29 is 13.9 Å². The molecule has 0 bridgehead atoms. The zero-order chi connectivity index (χ0) is 14.5. The fourth-order valence-corrected chi connectivity index (χ4v) is 2.44. The highest BCUT2D eigenvalue weighted by Gasteiger charge is 2.12. The number of hydrogen-bond donors (Lipinski definition) is 0. The Kier molecular flexibility index (Phi) is 5.01. The van der Waals surface area contributed by atoms with Crippen molar-refractivity contribution in [3.63, 3.8) is 0 Å². The van der Waals surface area contributed by atoms with Crippen LogP contribution >= 0.6 is 15.9 Å². The second-order valence-corrected chi connectivity index (χ2v) is 4.85. The van der Waals surface area contributed by atoms with Gasteiger partial charge in [0.25, 0.3) is 0 Å². The van der Waals surface area contributed by atoms with Crippen molar-refractivity contribution in [2.24, 2.45) is 0 Å². The van der Waals surface area contributed by atoms with Gasteiger partial charge in [-0.05, 0) is 36.2 Å². The maximum Gasteiger partial charge on any atom is 0.169 e. The largest absolute Gasteiger partial charge is 0.493 e. The van der Waals surface area contributed by atoms with E-state index < -0.39 is 0 Å². The molecule has 0 spiro atoms. The van der Waals surface area contributed by atoms with Crippen LogP contribution in [0.4, 0.5) is 4.39 Å². The SMILES string of the molecule is CCc1ccc(Oc2cccc(F)c2CBr)c(OC)c1. The molecule has 106 valence electrons. The molecule has 0 N–H and O–H groups in total. The molecule has 4 heteroatoms. The summed E-state index contributed by atoms with van der Waals surface area (Å²) in [7, 11) is 1.60. The molecule has 20 heavy (non-hydrogen) atoms. The summed E-state index contributed by atoms with van der Waals surface area (Å²) in [5, 5.41) is 0.393. The standard InChI is InChI=1S/C16H16BrFO2/c1-3-11-7-8-15(16(9-11)19-2)20-14-6-4-5-13(18)12(14)10-17/h4-9H,3,10H2,1-2H3. The summed E-state index contributed by atoms with van der Waals surface area (Å²) < 4.78 is 24.9. The van der Waals surface area contributed by atoms with Gasteiger partial charge in [0, 0.05) is 10.9 Å². The molecular weight excluding hydrogens is 323 g/mol. The smallest absolute Gasteiger partial charge is 0.169 e. The minimum absolute atomic E-state index is 0.288. The molecule has 0 heterocycles. The van der Waals surface area contributed by atoms with Crippen LogP contribution in [0.5, 0.6) is 17.2 Å². The summed E-state index contributed by atoms with van der Waals surface area (Å²) in [5.41, 5.74) is 1.66. The number of ether oxygens (including phenoxy) is 2. The molecule has 0 aliphatic carbocycles. The van der Waals surface area contributed by atoms with Crippen molar-refractivity contribution in [2.45, 2.75) is 18.7 Å². The van der Waals surface area contributed by atoms with Gasteiger partial charge >= 0.3 is 0 Å². The first-order chi connectivity index (χ1) is 9.69. The molecule has 2 rings (SSSR count). The molecule has 0 saturated heterocycles. The Morgan fingerprint density at radius 1 is 1.10 bits per heavy atom. The van der Waals surface area contributed by atoms with Gasteiger partial charge in [-0.3, -0.25) is 0 Å². The van der Waals surface area contributed by atoms with Gasteiger partial charge in [0.1, 0.15) is 11.6 Å². The predicted octanol–water partition coefficient (Wildman–Crippen LogP) is 5.08. The highest BCUT2D eigenvalue weighted by molar-refractivity contribution is 9.08. The third kappa shape index (κ3) is 3.12. The molecule has 0 atom stereocenters. The van der Waals surface area contributed by atoms with Crippen LogP contribution in [-0.4, -0.2) is 7.11 Å². The minimum Gasteiger partial charge on any atom is -0.493 e. The first-order valence-electron chi connectivity index (χ1n) is 6.37. The van der Waals surface area contributed by atoms with E-state index in [0.29, 0.717) is 28.1 Å². The van der Waals surface area contributed by atoms with Crippen LogP contribution in [0.25, 0.3) is 0 Å². The number of halogens is 2. The summed E-state index contributed by atoms with van der Waals surface area (Å²) in [6.45, 7) is 2.07. The third-order valence-corrected chi connectivity index (χ3v) is 3.63. The molecule has 2 aromatic carbocycles. The lowest BCUT2D eigenvalue weighted by Crippen LogP contribution is -1.96. The molecule has 2 aromatic rings. The lowest BCUT2D eigenvalue weighted by Gasteiger charge is -2.14. The van der Waals surface area contributed by atoms with Gasteiger partial charge in [-0.15, -0.1) is 0 Å². The Hall–Kier alpha value is -1.55. The Morgan fingerprint density at radius 2 is 1.90 bits per heavy atom. The Labute approximate surface area is 126 Å². The fourth-order valence-electron chi connectivity index (χ4n) is 1.90. The van der Waals surface area contributed by atoms with Crippen LogP contribution < -0.4 is 9.47 Å². The second-order valence-electron chi connectivity index (χ2n) is 4.29. The first kappa shape index (κ1) is 14.9. The average molecular weight is 339 g/mol. The molecule has 0 unspecified atom stereocenters. The summed E-state index contributed by atoms with van der Waals surface area (Å²) in [6.07, 6.45) is 0.920. The van der Waals surface area contributed by atoms with Crippen LogP contribution in [0.1, 0.15) is 18.1 Å². The zero-order valence-corrected chi connectivity index (χ0v) is 13.0. The fraction of sp³-hybridized carbons (Fsp3) is 0.250. The zero-order valence-electron chi connectivity index (χ0n) is 11.5. The molecule has 0 fully saturated rings. The van der Waals surface area contributed by atoms with Crippen molar-refractivity contribution in [1.29, 1.82) is 0 Å². The molecule has 0 aliphatic heterocycles. The quantitative estimate of drug-likeness (QED) is 0.707. The van der Waals surface area contributed by atoms with E-state index in [0.717, 1.165) is 12.0 Å². The molecule has 0 aliphatic rings. The van der Waals surface area contributed by atoms with E-state index in [1.54, 1.807) is 19.2 Å². The third-order valence-electron chi connectivity index (χ3n) is 3.07. The van der Waals surface area contributed by atoms with Crippen molar-refractivity contribution in [3.8, 4) is 17.2 Å². The van der Waals surface area contributed by atoms with Gasteiger partial charge in [0.05, 0.1) is 7.11 Å². The Balaban J connectivity index is 2.37. The van der Waals surface area contributed by atoms with Crippen LogP contribution in [0.15, 0.2) is 36.4 Å². The van der Waals surface area contributed by atoms with Crippen molar-refractivity contribution >= 4 is 15.9 Å². The predicted molar refractivity (Wildman–Crippen MR) is 81.5 cm³/mol. The number of rotatable bonds is 5. The van der Waals surface area contributed by atoms with Crippen LogP contribution in [0.2, 0.25) is 0 Å². The lowest BCUT2D eigenvalue weighted by molar-refractivity contribution is 0.376. The monoisotopic (exact) mass is 338 g/mol. The van der Waals surface area contributed by atoms with E-state index in [4.69, 9.17) is 9.47 Å². The number of alkyl halides is 1. The molecule has 0 amide bonds. The van der Waals surface area contributed by atoms with Gasteiger partial charge < -0.3 is 9.47 Å². The minimum atomic E-state index is -0.288. The highest BCUT2D eigenvalue weighted by atomic mass is 79.9. The van der Waals surface area contributed by atoms with E-state index in [-0.39, 0.29) is 5.82 Å². The normalized spacial score (nSPS) is 10.4. The second kappa shape index (κ2) is 6.75. The summed E-state index contributed by atoms with van der Waals surface area (Å²) in [4.78, 5) is 0. The number of aryl methyl sites for hydroxylation is 1.